The Morgan fingerprint density at radius 2 is 2.00 bits per heavy atom. The minimum Gasteiger partial charge on any atom is -0.283 e. The molecular weight excluding hydrogens is 212 g/mol. The quantitative estimate of drug-likeness (QED) is 0.671. The second-order valence-electron chi connectivity index (χ2n) is 3.82. The van der Waals surface area contributed by atoms with E-state index < -0.39 is 0 Å². The zero-order valence-electron chi connectivity index (χ0n) is 9.54. The minimum absolute atomic E-state index is 0.866. The fourth-order valence-corrected chi connectivity index (χ4v) is 1.85. The summed E-state index contributed by atoms with van der Waals surface area (Å²) in [5.74, 6) is 0.866. The number of imidazole rings is 1. The third kappa shape index (κ3) is 1.67. The Labute approximate surface area is 99.0 Å². The number of nitrogens with zero attached hydrogens (tertiary/aromatic N) is 4. The molecule has 1 aromatic carbocycles. The van der Waals surface area contributed by atoms with E-state index in [0.717, 1.165) is 29.0 Å². The highest BCUT2D eigenvalue weighted by molar-refractivity contribution is 5.76. The lowest BCUT2D eigenvalue weighted by molar-refractivity contribution is 0.941. The predicted molar refractivity (Wildman–Crippen MR) is 66.0 cm³/mol. The molecule has 2 aromatic heterocycles. The molecule has 0 aliphatic rings. The highest BCUT2D eigenvalue weighted by atomic mass is 15.1. The van der Waals surface area contributed by atoms with Gasteiger partial charge in [0.25, 0.3) is 0 Å². The number of rotatable bonds is 2. The molecule has 4 heteroatoms. The molecule has 4 nitrogen and oxygen atoms in total. The van der Waals surface area contributed by atoms with E-state index in [1.54, 1.807) is 12.7 Å². The first kappa shape index (κ1) is 9.96. The van der Waals surface area contributed by atoms with Crippen LogP contribution in [-0.2, 0) is 6.42 Å². The number of hydrogen-bond donors (Lipinski definition) is 0. The maximum absolute atomic E-state index is 4.35. The van der Waals surface area contributed by atoms with Crippen molar-refractivity contribution in [1.82, 2.24) is 19.5 Å². The molecule has 0 radical (unpaired) electrons. The molecule has 0 bridgehead atoms. The first-order valence-corrected chi connectivity index (χ1v) is 5.62. The summed E-state index contributed by atoms with van der Waals surface area (Å²) in [5, 5.41) is 0. The van der Waals surface area contributed by atoms with Crippen molar-refractivity contribution in [2.45, 2.75) is 13.3 Å². The van der Waals surface area contributed by atoms with E-state index in [2.05, 4.69) is 21.9 Å². The Hall–Kier alpha value is -2.23. The highest BCUT2D eigenvalue weighted by Gasteiger charge is 2.05. The maximum atomic E-state index is 4.35. The van der Waals surface area contributed by atoms with Crippen LogP contribution in [0.3, 0.4) is 0 Å². The van der Waals surface area contributed by atoms with Crippen LogP contribution in [0, 0.1) is 0 Å². The van der Waals surface area contributed by atoms with Crippen molar-refractivity contribution in [2.24, 2.45) is 0 Å². The summed E-state index contributed by atoms with van der Waals surface area (Å²) in [6.45, 7) is 2.08. The number of fused-ring (bicyclic) bond motifs is 1. The van der Waals surface area contributed by atoms with Crippen LogP contribution in [0.1, 0.15) is 12.6 Å². The highest BCUT2D eigenvalue weighted by Crippen LogP contribution is 2.16. The standard InChI is InChI=1S/C13H12N4/c1-2-10-7-13(15-8-14-10)17-9-16-11-5-3-4-6-12(11)17/h3-9H,2H2,1H3. The third-order valence-electron chi connectivity index (χ3n) is 2.77. The van der Waals surface area contributed by atoms with E-state index in [1.165, 1.54) is 0 Å². The molecule has 3 aromatic rings. The van der Waals surface area contributed by atoms with E-state index in [9.17, 15) is 0 Å². The molecule has 17 heavy (non-hydrogen) atoms. The molecule has 0 amide bonds. The molecule has 0 N–H and O–H groups in total. The largest absolute Gasteiger partial charge is 0.283 e. The van der Waals surface area contributed by atoms with Crippen LogP contribution in [0.5, 0.6) is 0 Å². The first-order valence-electron chi connectivity index (χ1n) is 5.62. The third-order valence-corrected chi connectivity index (χ3v) is 2.77. The summed E-state index contributed by atoms with van der Waals surface area (Å²) < 4.78 is 1.98. The van der Waals surface area contributed by atoms with Gasteiger partial charge in [-0.3, -0.25) is 4.57 Å². The summed E-state index contributed by atoms with van der Waals surface area (Å²) >= 11 is 0. The van der Waals surface area contributed by atoms with Crippen molar-refractivity contribution in [3.05, 3.63) is 48.7 Å². The average molecular weight is 224 g/mol. The van der Waals surface area contributed by atoms with E-state index in [-0.39, 0.29) is 0 Å². The van der Waals surface area contributed by atoms with Gasteiger partial charge in [-0.25, -0.2) is 15.0 Å². The van der Waals surface area contributed by atoms with Crippen LogP contribution in [0.15, 0.2) is 43.0 Å². The molecular formula is C13H12N4. The predicted octanol–water partition coefficient (Wildman–Crippen LogP) is 2.38. The number of para-hydroxylation sites is 2. The van der Waals surface area contributed by atoms with Crippen molar-refractivity contribution in [2.75, 3.05) is 0 Å². The van der Waals surface area contributed by atoms with Crippen LogP contribution in [0.25, 0.3) is 16.9 Å². The van der Waals surface area contributed by atoms with Crippen molar-refractivity contribution < 1.29 is 0 Å². The molecule has 0 saturated carbocycles. The van der Waals surface area contributed by atoms with Crippen molar-refractivity contribution in [1.29, 1.82) is 0 Å². The lowest BCUT2D eigenvalue weighted by Crippen LogP contribution is -1.98. The van der Waals surface area contributed by atoms with Crippen molar-refractivity contribution in [3.63, 3.8) is 0 Å². The molecule has 0 fully saturated rings. The van der Waals surface area contributed by atoms with Gasteiger partial charge in [-0.15, -0.1) is 0 Å². The average Bonchev–Trinajstić information content (AvgIpc) is 2.82. The van der Waals surface area contributed by atoms with Gasteiger partial charge < -0.3 is 0 Å². The van der Waals surface area contributed by atoms with Gasteiger partial charge in [0.2, 0.25) is 0 Å². The monoisotopic (exact) mass is 224 g/mol. The lowest BCUT2D eigenvalue weighted by Gasteiger charge is -2.03. The Bertz CT molecular complexity index is 657. The summed E-state index contributed by atoms with van der Waals surface area (Å²) in [7, 11) is 0. The van der Waals surface area contributed by atoms with Crippen LogP contribution in [0.2, 0.25) is 0 Å². The zero-order chi connectivity index (χ0) is 11.7. The summed E-state index contributed by atoms with van der Waals surface area (Å²) in [6.07, 6.45) is 4.30. The molecule has 84 valence electrons. The van der Waals surface area contributed by atoms with Gasteiger partial charge in [-0.1, -0.05) is 19.1 Å². The van der Waals surface area contributed by atoms with Gasteiger partial charge in [-0.05, 0) is 18.6 Å². The molecule has 0 saturated heterocycles. The van der Waals surface area contributed by atoms with E-state index >= 15 is 0 Å². The molecule has 0 unspecified atom stereocenters. The van der Waals surface area contributed by atoms with Crippen LogP contribution in [-0.4, -0.2) is 19.5 Å². The molecule has 0 aliphatic carbocycles. The zero-order valence-corrected chi connectivity index (χ0v) is 9.54. The normalized spacial score (nSPS) is 10.9. The Morgan fingerprint density at radius 1 is 1.12 bits per heavy atom. The minimum atomic E-state index is 0.866. The van der Waals surface area contributed by atoms with Gasteiger partial charge in [0.05, 0.1) is 11.0 Å². The summed E-state index contributed by atoms with van der Waals surface area (Å²) in [6, 6.07) is 10.0. The Balaban J connectivity index is 2.20. The maximum Gasteiger partial charge on any atom is 0.142 e. The first-order chi connectivity index (χ1) is 8.38. The smallest absolute Gasteiger partial charge is 0.142 e. The fourth-order valence-electron chi connectivity index (χ4n) is 1.85. The molecule has 3 rings (SSSR count). The van der Waals surface area contributed by atoms with Gasteiger partial charge in [-0.2, -0.15) is 0 Å². The van der Waals surface area contributed by atoms with Crippen LogP contribution < -0.4 is 0 Å². The number of hydrogen-bond acceptors (Lipinski definition) is 3. The van der Waals surface area contributed by atoms with Gasteiger partial charge >= 0.3 is 0 Å². The van der Waals surface area contributed by atoms with Gasteiger partial charge in [0.1, 0.15) is 18.5 Å². The summed E-state index contributed by atoms with van der Waals surface area (Å²) in [4.78, 5) is 12.8. The van der Waals surface area contributed by atoms with Crippen molar-refractivity contribution >= 4 is 11.0 Å². The second-order valence-corrected chi connectivity index (χ2v) is 3.82. The number of aryl methyl sites for hydroxylation is 1. The molecule has 0 spiro atoms. The number of benzene rings is 1. The molecule has 2 heterocycles. The van der Waals surface area contributed by atoms with E-state index in [1.807, 2.05) is 34.9 Å². The Kier molecular flexibility index (Phi) is 2.33. The Morgan fingerprint density at radius 3 is 2.88 bits per heavy atom. The lowest BCUT2D eigenvalue weighted by atomic mass is 10.3. The van der Waals surface area contributed by atoms with Crippen LogP contribution >= 0.6 is 0 Å². The number of aromatic nitrogens is 4. The van der Waals surface area contributed by atoms with E-state index in [0.29, 0.717) is 0 Å². The SMILES string of the molecule is CCc1cc(-n2cnc3ccccc32)ncn1. The van der Waals surface area contributed by atoms with Crippen LogP contribution in [0.4, 0.5) is 0 Å². The second kappa shape index (κ2) is 3.97. The molecule has 0 atom stereocenters. The molecule has 0 aliphatic heterocycles. The van der Waals surface area contributed by atoms with E-state index in [4.69, 9.17) is 0 Å². The van der Waals surface area contributed by atoms with Gasteiger partial charge in [0.15, 0.2) is 0 Å². The van der Waals surface area contributed by atoms with Gasteiger partial charge in [0, 0.05) is 11.8 Å². The fraction of sp³-hybridized carbons (Fsp3) is 0.154. The summed E-state index contributed by atoms with van der Waals surface area (Å²) in [5.41, 5.74) is 3.07. The topological polar surface area (TPSA) is 43.6 Å². The van der Waals surface area contributed by atoms with Crippen molar-refractivity contribution in [3.8, 4) is 5.82 Å².